The average molecular weight is 458 g/mol. The van der Waals surface area contributed by atoms with E-state index in [0.717, 1.165) is 25.9 Å². The van der Waals surface area contributed by atoms with Crippen molar-refractivity contribution in [1.82, 2.24) is 10.2 Å². The van der Waals surface area contributed by atoms with Crippen LogP contribution < -0.4 is 10.1 Å². The third kappa shape index (κ3) is 7.06. The fourth-order valence-corrected chi connectivity index (χ4v) is 4.08. The molecule has 9 heteroatoms. The van der Waals surface area contributed by atoms with Crippen LogP contribution in [0.15, 0.2) is 47.0 Å². The summed E-state index contributed by atoms with van der Waals surface area (Å²) in [5.74, 6) is -0.515. The Bertz CT molecular complexity index is 905. The van der Waals surface area contributed by atoms with Gasteiger partial charge in [0.25, 0.3) is 6.79 Å². The summed E-state index contributed by atoms with van der Waals surface area (Å²) in [5.41, 5.74) is 3.33. The predicted octanol–water partition coefficient (Wildman–Crippen LogP) is 3.65. The molecule has 0 atom stereocenters. The first-order valence-corrected chi connectivity index (χ1v) is 11.4. The molecule has 1 saturated heterocycles. The zero-order valence-corrected chi connectivity index (χ0v) is 19.0. The van der Waals surface area contributed by atoms with Crippen molar-refractivity contribution in [2.75, 3.05) is 33.0 Å². The number of ether oxygens (including phenoxy) is 2. The molecular weight excluding hydrogens is 426 g/mol. The van der Waals surface area contributed by atoms with Crippen LogP contribution in [0.25, 0.3) is 0 Å². The molecule has 9 nitrogen and oxygen atoms in total. The SMILES string of the molecule is CCOc1cc(CC(=O)NCC2=CCCC=C2N2CCCCC2)ccc1C(=O)OCON=O. The van der Waals surface area contributed by atoms with Crippen molar-refractivity contribution in [3.63, 3.8) is 0 Å². The lowest BCUT2D eigenvalue weighted by atomic mass is 9.99. The summed E-state index contributed by atoms with van der Waals surface area (Å²) in [4.78, 5) is 41.3. The summed E-state index contributed by atoms with van der Waals surface area (Å²) >= 11 is 0. The molecular formula is C24H31N3O6. The molecule has 1 amide bonds. The molecule has 178 valence electrons. The Morgan fingerprint density at radius 3 is 2.67 bits per heavy atom. The molecule has 0 radical (unpaired) electrons. The van der Waals surface area contributed by atoms with E-state index in [4.69, 9.17) is 9.47 Å². The lowest BCUT2D eigenvalue weighted by molar-refractivity contribution is -0.120. The van der Waals surface area contributed by atoms with Gasteiger partial charge in [0, 0.05) is 25.3 Å². The van der Waals surface area contributed by atoms with Crippen LogP contribution in [-0.4, -0.2) is 49.8 Å². The summed E-state index contributed by atoms with van der Waals surface area (Å²) in [6, 6.07) is 4.86. The number of carbonyl (C=O) groups excluding carboxylic acids is 2. The second-order valence-corrected chi connectivity index (χ2v) is 7.91. The number of hydrogen-bond donors (Lipinski definition) is 1. The third-order valence-electron chi connectivity index (χ3n) is 5.62. The van der Waals surface area contributed by atoms with Crippen molar-refractivity contribution in [2.24, 2.45) is 5.34 Å². The molecule has 1 heterocycles. The van der Waals surface area contributed by atoms with E-state index in [0.29, 0.717) is 24.5 Å². The molecule has 0 unspecified atom stereocenters. The summed E-state index contributed by atoms with van der Waals surface area (Å²) in [6.45, 7) is 4.19. The van der Waals surface area contributed by atoms with Crippen molar-refractivity contribution in [1.29, 1.82) is 0 Å². The fourth-order valence-electron chi connectivity index (χ4n) is 4.08. The van der Waals surface area contributed by atoms with Crippen LogP contribution in [-0.2, 0) is 20.8 Å². The molecule has 1 N–H and O–H groups in total. The predicted molar refractivity (Wildman–Crippen MR) is 122 cm³/mol. The number of hydrogen-bond acceptors (Lipinski definition) is 8. The van der Waals surface area contributed by atoms with Crippen LogP contribution in [0.5, 0.6) is 5.75 Å². The number of carbonyl (C=O) groups is 2. The van der Waals surface area contributed by atoms with Crippen molar-refractivity contribution >= 4 is 11.9 Å². The molecule has 0 bridgehead atoms. The van der Waals surface area contributed by atoms with E-state index in [9.17, 15) is 14.5 Å². The molecule has 0 saturated carbocycles. The number of amides is 1. The van der Waals surface area contributed by atoms with Crippen molar-refractivity contribution in [3.05, 3.63) is 57.7 Å². The Balaban J connectivity index is 1.58. The van der Waals surface area contributed by atoms with Gasteiger partial charge in [0.15, 0.2) is 5.34 Å². The highest BCUT2D eigenvalue weighted by atomic mass is 16.8. The summed E-state index contributed by atoms with van der Waals surface area (Å²) in [5, 5.41) is 5.21. The molecule has 0 aromatic heterocycles. The summed E-state index contributed by atoms with van der Waals surface area (Å²) in [7, 11) is 0. The largest absolute Gasteiger partial charge is 0.493 e. The van der Waals surface area contributed by atoms with E-state index in [1.807, 2.05) is 0 Å². The highest BCUT2D eigenvalue weighted by molar-refractivity contribution is 5.92. The third-order valence-corrected chi connectivity index (χ3v) is 5.62. The van der Waals surface area contributed by atoms with E-state index in [-0.39, 0.29) is 17.9 Å². The fraction of sp³-hybridized carbons (Fsp3) is 0.500. The van der Waals surface area contributed by atoms with E-state index in [1.54, 1.807) is 19.1 Å². The van der Waals surface area contributed by atoms with Gasteiger partial charge < -0.3 is 24.5 Å². The molecule has 0 spiro atoms. The Kier molecular flexibility index (Phi) is 9.29. The normalized spacial score (nSPS) is 15.7. The summed E-state index contributed by atoms with van der Waals surface area (Å²) < 4.78 is 10.4. The average Bonchev–Trinajstić information content (AvgIpc) is 2.84. The number of nitrogens with zero attached hydrogens (tertiary/aromatic N) is 2. The van der Waals surface area contributed by atoms with Gasteiger partial charge >= 0.3 is 5.97 Å². The Morgan fingerprint density at radius 2 is 1.91 bits per heavy atom. The number of piperidine rings is 1. The zero-order valence-electron chi connectivity index (χ0n) is 19.0. The minimum Gasteiger partial charge on any atom is -0.493 e. The molecule has 1 aliphatic heterocycles. The van der Waals surface area contributed by atoms with Crippen LogP contribution >= 0.6 is 0 Å². The molecule has 1 aromatic carbocycles. The second-order valence-electron chi connectivity index (χ2n) is 7.91. The Morgan fingerprint density at radius 1 is 1.12 bits per heavy atom. The van der Waals surface area contributed by atoms with Gasteiger partial charge in [0.05, 0.1) is 13.0 Å². The number of nitrogens with one attached hydrogen (secondary N) is 1. The van der Waals surface area contributed by atoms with Gasteiger partial charge in [-0.15, -0.1) is 4.91 Å². The van der Waals surface area contributed by atoms with Gasteiger partial charge in [0.1, 0.15) is 11.3 Å². The van der Waals surface area contributed by atoms with Gasteiger partial charge in [-0.2, -0.15) is 0 Å². The van der Waals surface area contributed by atoms with Crippen molar-refractivity contribution in [2.45, 2.75) is 45.4 Å². The van der Waals surface area contributed by atoms with Gasteiger partial charge in [-0.05, 0) is 62.3 Å². The van der Waals surface area contributed by atoms with Gasteiger partial charge in [-0.25, -0.2) is 4.79 Å². The van der Waals surface area contributed by atoms with Gasteiger partial charge in [-0.3, -0.25) is 4.79 Å². The van der Waals surface area contributed by atoms with Crippen LogP contribution in [0.4, 0.5) is 0 Å². The Labute approximate surface area is 193 Å². The first kappa shape index (κ1) is 24.3. The quantitative estimate of drug-likeness (QED) is 0.178. The maximum atomic E-state index is 12.6. The van der Waals surface area contributed by atoms with Crippen molar-refractivity contribution < 1.29 is 23.9 Å². The zero-order chi connectivity index (χ0) is 23.5. The van der Waals surface area contributed by atoms with Crippen LogP contribution in [0.1, 0.15) is 54.9 Å². The standard InChI is InChI=1S/C24H31N3O6/c1-2-31-22-14-18(10-11-20(22)24(29)32-17-33-26-30)15-23(28)25-16-19-8-4-5-9-21(19)27-12-6-3-7-13-27/h8-11,14H,2-7,12-13,15-17H2,1H3,(H,25,28). The van der Waals surface area contributed by atoms with E-state index < -0.39 is 12.8 Å². The molecule has 1 aromatic rings. The maximum absolute atomic E-state index is 12.6. The number of rotatable bonds is 11. The van der Waals surface area contributed by atoms with Gasteiger partial charge in [-0.1, -0.05) is 18.2 Å². The van der Waals surface area contributed by atoms with Crippen LogP contribution in [0.3, 0.4) is 0 Å². The first-order valence-electron chi connectivity index (χ1n) is 11.4. The number of benzene rings is 1. The Hall–Kier alpha value is -3.36. The van der Waals surface area contributed by atoms with Crippen molar-refractivity contribution in [3.8, 4) is 5.75 Å². The lowest BCUT2D eigenvalue weighted by Crippen LogP contribution is -2.34. The molecule has 1 fully saturated rings. The molecule has 3 rings (SSSR count). The first-order chi connectivity index (χ1) is 16.1. The maximum Gasteiger partial charge on any atom is 0.344 e. The summed E-state index contributed by atoms with van der Waals surface area (Å²) in [6.07, 6.45) is 10.4. The highest BCUT2D eigenvalue weighted by Crippen LogP contribution is 2.25. The molecule has 1 aliphatic carbocycles. The van der Waals surface area contributed by atoms with E-state index >= 15 is 0 Å². The highest BCUT2D eigenvalue weighted by Gasteiger charge is 2.20. The number of esters is 1. The van der Waals surface area contributed by atoms with E-state index in [2.05, 4.69) is 32.5 Å². The van der Waals surface area contributed by atoms with Crippen LogP contribution in [0.2, 0.25) is 0 Å². The topological polar surface area (TPSA) is 107 Å². The molecule has 2 aliphatic rings. The second kappa shape index (κ2) is 12.6. The monoisotopic (exact) mass is 457 g/mol. The van der Waals surface area contributed by atoms with E-state index in [1.165, 1.54) is 36.6 Å². The van der Waals surface area contributed by atoms with Crippen LogP contribution in [0, 0.1) is 4.91 Å². The lowest BCUT2D eigenvalue weighted by Gasteiger charge is -2.33. The molecule has 33 heavy (non-hydrogen) atoms. The minimum atomic E-state index is -0.709. The van der Waals surface area contributed by atoms with Gasteiger partial charge in [0.2, 0.25) is 5.91 Å². The minimum absolute atomic E-state index is 0.109. The number of likely N-dealkylation sites (tertiary alicyclic amines) is 1. The number of allylic oxidation sites excluding steroid dienone is 2. The smallest absolute Gasteiger partial charge is 0.344 e.